The second-order valence-electron chi connectivity index (χ2n) is 16.2. The fourth-order valence-electron chi connectivity index (χ4n) is 9.44. The summed E-state index contributed by atoms with van der Waals surface area (Å²) < 4.78 is 50.6. The van der Waals surface area contributed by atoms with Gasteiger partial charge in [-0.3, -0.25) is 4.79 Å². The summed E-state index contributed by atoms with van der Waals surface area (Å²) in [5.41, 5.74) is 5.04. The average Bonchev–Trinajstić information content (AvgIpc) is 3.81. The molecule has 17 nitrogen and oxygen atoms in total. The van der Waals surface area contributed by atoms with Gasteiger partial charge in [-0.1, -0.05) is 68.3 Å². The fraction of sp³-hybridized carbons (Fsp3) is 0.341. The number of primary sulfonamides is 2. The highest BCUT2D eigenvalue weighted by Crippen LogP contribution is 2.45. The number of benzene rings is 2. The van der Waals surface area contributed by atoms with Crippen LogP contribution in [0.25, 0.3) is 22.1 Å². The summed E-state index contributed by atoms with van der Waals surface area (Å²) in [6.07, 6.45) is 13.8. The molecule has 4 aromatic heterocycles. The molecule has 62 heavy (non-hydrogen) atoms. The molecule has 4 aliphatic rings. The lowest BCUT2D eigenvalue weighted by molar-refractivity contribution is -0.133. The zero-order valence-electron chi connectivity index (χ0n) is 33.4. The Hall–Kier alpha value is -5.31. The number of allylic oxidation sites excluding steroid dienone is 1. The quantitative estimate of drug-likeness (QED) is 0.105. The van der Waals surface area contributed by atoms with Gasteiger partial charge in [0.2, 0.25) is 37.9 Å². The molecule has 2 aliphatic carbocycles. The van der Waals surface area contributed by atoms with E-state index in [1.54, 1.807) is 18.5 Å². The first-order valence-corrected chi connectivity index (χ1v) is 24.1. The lowest BCUT2D eigenvalue weighted by Crippen LogP contribution is -2.54. The lowest BCUT2D eigenvalue weighted by Gasteiger charge is -2.45. The van der Waals surface area contributed by atoms with E-state index in [0.29, 0.717) is 42.0 Å². The standard InChI is InChI=1S/C21H23ClN6O2S.C20H21ClN6O3S/c1-13-21(7-3-2-4-8-21)28-16(12-24-13)9-14-11-25-20(27-19(14)28)26-15-5-6-18(17(22)10-15)31(23,29)30;21-15-9-14(31(22,29)30)4-5-16(15)25-19-24-10-12-8-13-11-23-18(28)20(6-2-1-3-7-20)27(13)17(12)26-19/h5-6,9-11,24H,1-4,7-8,12H2,(H2,23,29,30)(H,25,26,27);4-5,8-10H,1-3,6-7,11H2,(H,23,28)(H2,22,29,30)(H,24,25,26). The maximum absolute atomic E-state index is 12.9. The molecule has 8 N–H and O–H groups in total. The highest BCUT2D eigenvalue weighted by atomic mass is 35.5. The van der Waals surface area contributed by atoms with E-state index in [-0.39, 0.29) is 31.3 Å². The molecule has 0 radical (unpaired) electrons. The van der Waals surface area contributed by atoms with Crippen LogP contribution in [0.15, 0.2) is 83.0 Å². The van der Waals surface area contributed by atoms with Gasteiger partial charge in [-0.2, -0.15) is 9.97 Å². The van der Waals surface area contributed by atoms with Crippen molar-refractivity contribution in [2.45, 2.75) is 98.2 Å². The number of sulfonamides is 2. The highest BCUT2D eigenvalue weighted by Gasteiger charge is 2.46. The molecule has 2 saturated carbocycles. The number of hydrogen-bond donors (Lipinski definition) is 6. The maximum atomic E-state index is 12.9. The number of anilines is 4. The van der Waals surface area contributed by atoms with Crippen LogP contribution < -0.4 is 31.5 Å². The van der Waals surface area contributed by atoms with Gasteiger partial charge >= 0.3 is 0 Å². The van der Waals surface area contributed by atoms with Crippen molar-refractivity contribution < 1.29 is 21.6 Å². The van der Waals surface area contributed by atoms with Crippen LogP contribution in [0.2, 0.25) is 10.0 Å². The predicted octanol–water partition coefficient (Wildman–Crippen LogP) is 6.52. The molecule has 2 fully saturated rings. The van der Waals surface area contributed by atoms with Crippen LogP contribution in [-0.2, 0) is 49.0 Å². The molecule has 0 saturated heterocycles. The van der Waals surface area contributed by atoms with Crippen LogP contribution in [0, 0.1) is 0 Å². The molecular weight excluding hydrogens is 876 g/mol. The van der Waals surface area contributed by atoms with E-state index in [0.717, 1.165) is 85.6 Å². The van der Waals surface area contributed by atoms with Crippen LogP contribution in [-0.4, -0.2) is 51.8 Å². The van der Waals surface area contributed by atoms with E-state index >= 15 is 0 Å². The number of carbonyl (C=O) groups excluding carboxylic acids is 1. The number of amides is 1. The summed E-state index contributed by atoms with van der Waals surface area (Å²) in [4.78, 5) is 31.1. The first kappa shape index (κ1) is 42.0. The Bertz CT molecular complexity index is 3030. The van der Waals surface area contributed by atoms with Gasteiger partial charge < -0.3 is 30.4 Å². The number of nitrogens with one attached hydrogen (secondary N) is 4. The molecule has 10 rings (SSSR count). The third kappa shape index (κ3) is 7.53. The van der Waals surface area contributed by atoms with Crippen molar-refractivity contribution in [3.05, 3.63) is 94.6 Å². The SMILES string of the molecule is C=C1NCc2cc3cnc(Nc4ccc(S(N)(=O)=O)c(Cl)c4)nc3n2C12CCCCC2.NS(=O)(=O)c1ccc(Nc2ncc3cc4n(c3n2)C2(CCCCC2)C(=O)NC4)c(Cl)c1. The maximum Gasteiger partial charge on any atom is 0.246 e. The molecule has 0 unspecified atom stereocenters. The molecular formula is C41H44Cl2N12O5S2. The van der Waals surface area contributed by atoms with Crippen molar-refractivity contribution in [3.63, 3.8) is 0 Å². The van der Waals surface area contributed by atoms with Crippen molar-refractivity contribution >= 4 is 94.5 Å². The Morgan fingerprint density at radius 1 is 0.677 bits per heavy atom. The summed E-state index contributed by atoms with van der Waals surface area (Å²) in [6.45, 7) is 5.51. The predicted molar refractivity (Wildman–Crippen MR) is 237 cm³/mol. The molecule has 2 spiro atoms. The molecule has 1 amide bonds. The number of aromatic nitrogens is 6. The molecule has 2 aromatic carbocycles. The van der Waals surface area contributed by atoms with Crippen molar-refractivity contribution in [3.8, 4) is 0 Å². The van der Waals surface area contributed by atoms with Gasteiger partial charge in [0.25, 0.3) is 0 Å². The monoisotopic (exact) mass is 918 g/mol. The summed E-state index contributed by atoms with van der Waals surface area (Å²) in [6, 6.07) is 12.7. The number of carbonyl (C=O) groups is 1. The van der Waals surface area contributed by atoms with Crippen LogP contribution >= 0.6 is 23.2 Å². The summed E-state index contributed by atoms with van der Waals surface area (Å²) >= 11 is 12.3. The van der Waals surface area contributed by atoms with Crippen LogP contribution in [0.4, 0.5) is 23.3 Å². The van der Waals surface area contributed by atoms with Gasteiger partial charge in [0.1, 0.15) is 21.7 Å². The minimum atomic E-state index is -3.88. The second-order valence-corrected chi connectivity index (χ2v) is 20.1. The Kier molecular flexibility index (Phi) is 10.7. The van der Waals surface area contributed by atoms with Gasteiger partial charge in [0, 0.05) is 45.9 Å². The third-order valence-corrected chi connectivity index (χ3v) is 15.0. The minimum Gasteiger partial charge on any atom is -0.381 e. The first-order chi connectivity index (χ1) is 29.6. The van der Waals surface area contributed by atoms with Gasteiger partial charge in [-0.15, -0.1) is 0 Å². The second kappa shape index (κ2) is 15.8. The highest BCUT2D eigenvalue weighted by molar-refractivity contribution is 7.89. The largest absolute Gasteiger partial charge is 0.381 e. The zero-order chi connectivity index (χ0) is 43.6. The Morgan fingerprint density at radius 2 is 1.24 bits per heavy atom. The average molecular weight is 920 g/mol. The van der Waals surface area contributed by atoms with E-state index in [9.17, 15) is 21.6 Å². The van der Waals surface area contributed by atoms with Crippen molar-refractivity contribution in [2.75, 3.05) is 10.6 Å². The van der Waals surface area contributed by atoms with E-state index in [4.69, 9.17) is 43.4 Å². The molecule has 324 valence electrons. The number of rotatable bonds is 6. The van der Waals surface area contributed by atoms with Gasteiger partial charge in [0.15, 0.2) is 0 Å². The molecule has 0 atom stereocenters. The molecule has 6 aromatic rings. The van der Waals surface area contributed by atoms with E-state index < -0.39 is 25.6 Å². The van der Waals surface area contributed by atoms with E-state index in [1.165, 1.54) is 42.4 Å². The van der Waals surface area contributed by atoms with Crippen molar-refractivity contribution in [1.29, 1.82) is 0 Å². The van der Waals surface area contributed by atoms with Crippen LogP contribution in [0.1, 0.15) is 75.6 Å². The molecule has 0 bridgehead atoms. The minimum absolute atomic E-state index is 0.0391. The number of nitrogens with zero attached hydrogens (tertiary/aromatic N) is 6. The van der Waals surface area contributed by atoms with Crippen LogP contribution in [0.5, 0.6) is 0 Å². The number of halogens is 2. The van der Waals surface area contributed by atoms with Gasteiger partial charge in [-0.25, -0.2) is 37.1 Å². The summed E-state index contributed by atoms with van der Waals surface area (Å²) in [5, 5.41) is 25.1. The third-order valence-electron chi connectivity index (χ3n) is 12.4. The fourth-order valence-corrected chi connectivity index (χ4v) is 11.4. The number of fused-ring (bicyclic) bond motifs is 8. The molecule has 6 heterocycles. The van der Waals surface area contributed by atoms with E-state index in [2.05, 4.69) is 53.0 Å². The van der Waals surface area contributed by atoms with Crippen molar-refractivity contribution in [2.24, 2.45) is 10.3 Å². The number of hydrogen-bond acceptors (Lipinski definition) is 12. The molecule has 21 heteroatoms. The number of nitrogens with two attached hydrogens (primary N) is 2. The van der Waals surface area contributed by atoms with Crippen molar-refractivity contribution in [1.82, 2.24) is 39.7 Å². The van der Waals surface area contributed by atoms with Crippen LogP contribution in [0.3, 0.4) is 0 Å². The lowest BCUT2D eigenvalue weighted by atomic mass is 9.78. The summed E-state index contributed by atoms with van der Waals surface area (Å²) in [7, 11) is -7.74. The summed E-state index contributed by atoms with van der Waals surface area (Å²) in [5.74, 6) is 0.755. The Morgan fingerprint density at radius 3 is 1.81 bits per heavy atom. The smallest absolute Gasteiger partial charge is 0.246 e. The topological polar surface area (TPSA) is 247 Å². The zero-order valence-corrected chi connectivity index (χ0v) is 36.6. The van der Waals surface area contributed by atoms with Gasteiger partial charge in [-0.05, 0) is 74.2 Å². The first-order valence-electron chi connectivity index (χ1n) is 20.2. The Labute approximate surface area is 367 Å². The normalized spacial score (nSPS) is 18.1. The van der Waals surface area contributed by atoms with Gasteiger partial charge in [0.05, 0.1) is 39.3 Å². The van der Waals surface area contributed by atoms with E-state index in [1.807, 2.05) is 6.07 Å². The molecule has 2 aliphatic heterocycles. The Balaban J connectivity index is 0.000000158.